The molecular formula is C13H16BrF3N2. The summed E-state index contributed by atoms with van der Waals surface area (Å²) in [5.74, 6) is 0.587. The van der Waals surface area contributed by atoms with Gasteiger partial charge in [-0.25, -0.2) is 4.98 Å². The Kier molecular flexibility index (Phi) is 4.38. The average molecular weight is 337 g/mol. The minimum absolute atomic E-state index is 0.290. The molecule has 6 heteroatoms. The molecule has 0 aliphatic heterocycles. The smallest absolute Gasteiger partial charge is 0.356 e. The van der Waals surface area contributed by atoms with Gasteiger partial charge in [0.05, 0.1) is 5.56 Å². The Bertz CT molecular complexity index is 419. The fraction of sp³-hybridized carbons (Fsp3) is 0.615. The zero-order chi connectivity index (χ0) is 14.0. The van der Waals surface area contributed by atoms with Crippen LogP contribution in [0.1, 0.15) is 31.2 Å². The summed E-state index contributed by atoms with van der Waals surface area (Å²) >= 11 is 3.65. The van der Waals surface area contributed by atoms with Crippen molar-refractivity contribution in [2.45, 2.75) is 42.7 Å². The first-order valence-electron chi connectivity index (χ1n) is 6.30. The third-order valence-electron chi connectivity index (χ3n) is 3.58. The molecule has 106 valence electrons. The lowest BCUT2D eigenvalue weighted by atomic mass is 9.94. The Morgan fingerprint density at radius 3 is 2.47 bits per heavy atom. The van der Waals surface area contributed by atoms with Gasteiger partial charge in [0.25, 0.3) is 0 Å². The molecule has 19 heavy (non-hydrogen) atoms. The number of anilines is 1. The van der Waals surface area contributed by atoms with Crippen molar-refractivity contribution in [1.29, 1.82) is 0 Å². The molecule has 0 N–H and O–H groups in total. The van der Waals surface area contributed by atoms with E-state index in [2.05, 4.69) is 20.9 Å². The monoisotopic (exact) mass is 336 g/mol. The van der Waals surface area contributed by atoms with Gasteiger partial charge in [-0.3, -0.25) is 0 Å². The van der Waals surface area contributed by atoms with Gasteiger partial charge in [0.1, 0.15) is 5.82 Å². The fourth-order valence-corrected chi connectivity index (χ4v) is 3.38. The number of aromatic nitrogens is 1. The van der Waals surface area contributed by atoms with Crippen LogP contribution in [0.4, 0.5) is 19.0 Å². The number of nitrogens with zero attached hydrogens (tertiary/aromatic N) is 2. The first kappa shape index (κ1) is 14.6. The molecule has 2 rings (SSSR count). The second-order valence-electron chi connectivity index (χ2n) is 4.88. The molecule has 0 saturated heterocycles. The van der Waals surface area contributed by atoms with E-state index in [1.807, 2.05) is 11.9 Å². The molecule has 0 aromatic carbocycles. The van der Waals surface area contributed by atoms with E-state index in [1.165, 1.54) is 12.5 Å². The molecule has 0 amide bonds. The number of rotatable bonds is 2. The van der Waals surface area contributed by atoms with Gasteiger partial charge < -0.3 is 4.90 Å². The zero-order valence-corrected chi connectivity index (χ0v) is 12.2. The summed E-state index contributed by atoms with van der Waals surface area (Å²) in [5.41, 5.74) is -0.705. The zero-order valence-electron chi connectivity index (χ0n) is 10.6. The van der Waals surface area contributed by atoms with Gasteiger partial charge in [0.15, 0.2) is 0 Å². The number of hydrogen-bond acceptors (Lipinski definition) is 2. The molecule has 0 radical (unpaired) electrons. The summed E-state index contributed by atoms with van der Waals surface area (Å²) in [5, 5.41) is 0. The predicted octanol–water partition coefficient (Wildman–Crippen LogP) is 4.24. The molecule has 1 aromatic rings. The highest BCUT2D eigenvalue weighted by Gasteiger charge is 2.31. The largest absolute Gasteiger partial charge is 0.417 e. The van der Waals surface area contributed by atoms with Crippen molar-refractivity contribution < 1.29 is 13.2 Å². The van der Waals surface area contributed by atoms with Crippen LogP contribution in [0.25, 0.3) is 0 Å². The van der Waals surface area contributed by atoms with Crippen LogP contribution in [-0.2, 0) is 6.18 Å². The highest BCUT2D eigenvalue weighted by molar-refractivity contribution is 9.09. The first-order chi connectivity index (χ1) is 8.89. The van der Waals surface area contributed by atoms with Crippen LogP contribution in [-0.4, -0.2) is 22.9 Å². The van der Waals surface area contributed by atoms with E-state index in [-0.39, 0.29) is 6.04 Å². The van der Waals surface area contributed by atoms with Gasteiger partial charge in [-0.1, -0.05) is 28.8 Å². The number of alkyl halides is 4. The van der Waals surface area contributed by atoms with Gasteiger partial charge in [0.2, 0.25) is 0 Å². The van der Waals surface area contributed by atoms with Crippen molar-refractivity contribution in [2.24, 2.45) is 0 Å². The fourth-order valence-electron chi connectivity index (χ4n) is 2.43. The lowest BCUT2D eigenvalue weighted by Crippen LogP contribution is -2.41. The SMILES string of the molecule is CN(c1ccc(C(F)(F)F)cn1)C1CCCCC1Br. The van der Waals surface area contributed by atoms with E-state index in [4.69, 9.17) is 0 Å². The van der Waals surface area contributed by atoms with E-state index < -0.39 is 11.7 Å². The molecule has 0 spiro atoms. The highest BCUT2D eigenvalue weighted by atomic mass is 79.9. The lowest BCUT2D eigenvalue weighted by molar-refractivity contribution is -0.137. The van der Waals surface area contributed by atoms with Crippen LogP contribution in [0.2, 0.25) is 0 Å². The van der Waals surface area contributed by atoms with E-state index >= 15 is 0 Å². The Hall–Kier alpha value is -0.780. The van der Waals surface area contributed by atoms with E-state index in [0.717, 1.165) is 31.5 Å². The van der Waals surface area contributed by atoms with E-state index in [9.17, 15) is 13.2 Å². The highest BCUT2D eigenvalue weighted by Crippen LogP contribution is 2.32. The van der Waals surface area contributed by atoms with Crippen molar-refractivity contribution in [3.8, 4) is 0 Å². The number of halogens is 4. The quantitative estimate of drug-likeness (QED) is 0.751. The van der Waals surface area contributed by atoms with Gasteiger partial charge in [-0.05, 0) is 25.0 Å². The maximum absolute atomic E-state index is 12.5. The molecule has 0 bridgehead atoms. The van der Waals surface area contributed by atoms with Crippen LogP contribution in [0.15, 0.2) is 18.3 Å². The predicted molar refractivity (Wildman–Crippen MR) is 72.6 cm³/mol. The van der Waals surface area contributed by atoms with Crippen LogP contribution >= 0.6 is 15.9 Å². The second-order valence-corrected chi connectivity index (χ2v) is 6.06. The molecule has 2 atom stereocenters. The molecule has 1 aliphatic rings. The molecule has 1 aliphatic carbocycles. The average Bonchev–Trinajstić information content (AvgIpc) is 2.38. The van der Waals surface area contributed by atoms with Gasteiger partial charge in [0, 0.05) is 24.1 Å². The Labute approximate surface area is 119 Å². The van der Waals surface area contributed by atoms with Crippen molar-refractivity contribution >= 4 is 21.7 Å². The van der Waals surface area contributed by atoms with E-state index in [0.29, 0.717) is 10.6 Å². The van der Waals surface area contributed by atoms with E-state index in [1.54, 1.807) is 0 Å². The topological polar surface area (TPSA) is 16.1 Å². The van der Waals surface area contributed by atoms with Crippen molar-refractivity contribution in [1.82, 2.24) is 4.98 Å². The third-order valence-corrected chi connectivity index (χ3v) is 4.65. The van der Waals surface area contributed by atoms with Crippen LogP contribution in [0.5, 0.6) is 0 Å². The summed E-state index contributed by atoms with van der Waals surface area (Å²) < 4.78 is 37.4. The minimum Gasteiger partial charge on any atom is -0.356 e. The van der Waals surface area contributed by atoms with Crippen molar-refractivity contribution in [2.75, 3.05) is 11.9 Å². The molecule has 1 aromatic heterocycles. The maximum Gasteiger partial charge on any atom is 0.417 e. The summed E-state index contributed by atoms with van der Waals surface area (Å²) in [4.78, 5) is 6.28. The standard InChI is InChI=1S/C13H16BrF3N2/c1-19(11-5-3-2-4-10(11)14)12-7-6-9(8-18-12)13(15,16)17/h6-8,10-11H,2-5H2,1H3. The summed E-state index contributed by atoms with van der Waals surface area (Å²) in [6.45, 7) is 0. The molecule has 1 heterocycles. The lowest BCUT2D eigenvalue weighted by Gasteiger charge is -2.36. The normalized spacial score (nSPS) is 24.3. The summed E-state index contributed by atoms with van der Waals surface area (Å²) in [7, 11) is 1.89. The van der Waals surface area contributed by atoms with Gasteiger partial charge >= 0.3 is 6.18 Å². The summed E-state index contributed by atoms with van der Waals surface area (Å²) in [6.07, 6.45) is 1.05. The van der Waals surface area contributed by atoms with Gasteiger partial charge in [-0.2, -0.15) is 13.2 Å². The minimum atomic E-state index is -4.33. The Balaban J connectivity index is 2.13. The molecule has 1 saturated carbocycles. The van der Waals surface area contributed by atoms with Gasteiger partial charge in [-0.15, -0.1) is 0 Å². The molecule has 1 fully saturated rings. The van der Waals surface area contributed by atoms with Crippen molar-refractivity contribution in [3.63, 3.8) is 0 Å². The maximum atomic E-state index is 12.5. The third kappa shape index (κ3) is 3.41. The first-order valence-corrected chi connectivity index (χ1v) is 7.21. The summed E-state index contributed by atoms with van der Waals surface area (Å²) in [6, 6.07) is 2.82. The molecular weight excluding hydrogens is 321 g/mol. The number of pyridine rings is 1. The van der Waals surface area contributed by atoms with Crippen LogP contribution in [0, 0.1) is 0 Å². The molecule has 2 unspecified atom stereocenters. The second kappa shape index (κ2) is 5.69. The molecule has 2 nitrogen and oxygen atoms in total. The van der Waals surface area contributed by atoms with Crippen LogP contribution < -0.4 is 4.90 Å². The Morgan fingerprint density at radius 1 is 1.26 bits per heavy atom. The van der Waals surface area contributed by atoms with Crippen molar-refractivity contribution in [3.05, 3.63) is 23.9 Å². The Morgan fingerprint density at radius 2 is 1.95 bits per heavy atom. The number of hydrogen-bond donors (Lipinski definition) is 0. The van der Waals surface area contributed by atoms with Crippen LogP contribution in [0.3, 0.4) is 0 Å².